The van der Waals surface area contributed by atoms with E-state index in [1.807, 2.05) is 30.3 Å². The first-order valence-corrected chi connectivity index (χ1v) is 7.76. The van der Waals surface area contributed by atoms with Crippen LogP contribution in [0.25, 0.3) is 0 Å². The number of hydrogen-bond acceptors (Lipinski definition) is 4. The number of rotatable bonds is 5. The van der Waals surface area contributed by atoms with Gasteiger partial charge in [0.15, 0.2) is 22.6 Å². The van der Waals surface area contributed by atoms with Crippen LogP contribution in [0.1, 0.15) is 11.1 Å². The van der Waals surface area contributed by atoms with Gasteiger partial charge in [-0.15, -0.1) is 5.10 Å². The first-order valence-electron chi connectivity index (χ1n) is 6.77. The van der Waals surface area contributed by atoms with Crippen molar-refractivity contribution in [2.24, 2.45) is 15.9 Å². The number of benzene rings is 2. The second-order valence-electron chi connectivity index (χ2n) is 4.56. The Morgan fingerprint density at radius 3 is 2.58 bits per heavy atom. The van der Waals surface area contributed by atoms with E-state index in [2.05, 4.69) is 10.2 Å². The van der Waals surface area contributed by atoms with Crippen LogP contribution in [0.4, 0.5) is 13.2 Å². The normalized spacial score (nSPS) is 11.9. The maximum absolute atomic E-state index is 13.7. The monoisotopic (exact) mass is 353 g/mol. The average Bonchev–Trinajstić information content (AvgIpc) is 2.60. The summed E-state index contributed by atoms with van der Waals surface area (Å²) in [6.45, 7) is 0. The SMILES string of the molecule is COc1cc(F)c(F)c(F)c1C=NN=C(N)SCc1ccccc1. The lowest BCUT2D eigenvalue weighted by Crippen LogP contribution is -2.06. The van der Waals surface area contributed by atoms with Crippen LogP contribution >= 0.6 is 11.8 Å². The van der Waals surface area contributed by atoms with Gasteiger partial charge in [-0.2, -0.15) is 5.10 Å². The van der Waals surface area contributed by atoms with Gasteiger partial charge in [-0.25, -0.2) is 13.2 Å². The van der Waals surface area contributed by atoms with E-state index in [1.54, 1.807) is 0 Å². The van der Waals surface area contributed by atoms with Crippen molar-refractivity contribution in [3.63, 3.8) is 0 Å². The standard InChI is InChI=1S/C16H14F3N3OS/c1-23-13-7-12(17)15(19)14(18)11(13)8-21-22-16(20)24-9-10-5-3-2-4-6-10/h2-8H,9H2,1H3,(H2,20,22). The third-order valence-electron chi connectivity index (χ3n) is 2.95. The molecule has 0 bridgehead atoms. The van der Waals surface area contributed by atoms with Gasteiger partial charge in [-0.1, -0.05) is 42.1 Å². The van der Waals surface area contributed by atoms with Crippen LogP contribution in [0.3, 0.4) is 0 Å². The second kappa shape index (κ2) is 8.39. The van der Waals surface area contributed by atoms with E-state index in [4.69, 9.17) is 10.5 Å². The van der Waals surface area contributed by atoms with E-state index < -0.39 is 17.5 Å². The van der Waals surface area contributed by atoms with E-state index in [0.29, 0.717) is 5.75 Å². The fourth-order valence-corrected chi connectivity index (χ4v) is 2.39. The van der Waals surface area contributed by atoms with Crippen molar-refractivity contribution in [3.05, 3.63) is 65.0 Å². The minimum absolute atomic E-state index is 0.150. The molecule has 0 saturated carbocycles. The van der Waals surface area contributed by atoms with Crippen LogP contribution in [-0.2, 0) is 5.75 Å². The summed E-state index contributed by atoms with van der Waals surface area (Å²) in [5.74, 6) is -3.95. The molecule has 0 aliphatic rings. The Hall–Kier alpha value is -2.48. The summed E-state index contributed by atoms with van der Waals surface area (Å²) in [6, 6.07) is 10.3. The molecule has 2 aromatic rings. The second-order valence-corrected chi connectivity index (χ2v) is 5.55. The van der Waals surface area contributed by atoms with Crippen LogP contribution in [0, 0.1) is 17.5 Å². The highest BCUT2D eigenvalue weighted by molar-refractivity contribution is 8.13. The van der Waals surface area contributed by atoms with Gasteiger partial charge in [-0.05, 0) is 5.56 Å². The van der Waals surface area contributed by atoms with Gasteiger partial charge in [0.1, 0.15) is 5.75 Å². The maximum Gasteiger partial charge on any atom is 0.195 e. The van der Waals surface area contributed by atoms with E-state index in [0.717, 1.165) is 17.8 Å². The summed E-state index contributed by atoms with van der Waals surface area (Å²) in [5, 5.41) is 7.44. The highest BCUT2D eigenvalue weighted by Crippen LogP contribution is 2.24. The number of methoxy groups -OCH3 is 1. The summed E-state index contributed by atoms with van der Waals surface area (Å²) in [5.41, 5.74) is 6.40. The van der Waals surface area contributed by atoms with Gasteiger partial charge in [0.05, 0.1) is 18.9 Å². The zero-order chi connectivity index (χ0) is 17.5. The molecule has 0 amide bonds. The van der Waals surface area contributed by atoms with E-state index in [1.165, 1.54) is 18.9 Å². The lowest BCUT2D eigenvalue weighted by molar-refractivity contribution is 0.390. The van der Waals surface area contributed by atoms with Crippen LogP contribution in [0.15, 0.2) is 46.6 Å². The Morgan fingerprint density at radius 1 is 1.21 bits per heavy atom. The Kier molecular flexibility index (Phi) is 6.25. The van der Waals surface area contributed by atoms with Crippen molar-refractivity contribution in [3.8, 4) is 5.75 Å². The van der Waals surface area contributed by atoms with Crippen LogP contribution in [-0.4, -0.2) is 18.5 Å². The van der Waals surface area contributed by atoms with Gasteiger partial charge >= 0.3 is 0 Å². The first kappa shape index (κ1) is 17.9. The van der Waals surface area contributed by atoms with E-state index >= 15 is 0 Å². The maximum atomic E-state index is 13.7. The third kappa shape index (κ3) is 4.51. The van der Waals surface area contributed by atoms with Crippen molar-refractivity contribution in [1.82, 2.24) is 0 Å². The average molecular weight is 353 g/mol. The van der Waals surface area contributed by atoms with Gasteiger partial charge in [0, 0.05) is 11.8 Å². The van der Waals surface area contributed by atoms with Gasteiger partial charge < -0.3 is 10.5 Å². The molecule has 2 aromatic carbocycles. The van der Waals surface area contributed by atoms with E-state index in [9.17, 15) is 13.2 Å². The molecule has 0 radical (unpaired) electrons. The summed E-state index contributed by atoms with van der Waals surface area (Å²) >= 11 is 1.24. The molecule has 126 valence electrons. The Labute approximate surface area is 141 Å². The lowest BCUT2D eigenvalue weighted by Gasteiger charge is -2.06. The minimum atomic E-state index is -1.60. The molecule has 24 heavy (non-hydrogen) atoms. The number of amidine groups is 1. The van der Waals surface area contributed by atoms with E-state index in [-0.39, 0.29) is 16.5 Å². The molecular weight excluding hydrogens is 339 g/mol. The van der Waals surface area contributed by atoms with Crippen LogP contribution in [0.5, 0.6) is 5.75 Å². The molecule has 8 heteroatoms. The molecule has 0 spiro atoms. The number of hydrogen-bond donors (Lipinski definition) is 1. The Bertz CT molecular complexity index is 767. The summed E-state index contributed by atoms with van der Waals surface area (Å²) in [7, 11) is 1.21. The number of ether oxygens (including phenoxy) is 1. The van der Waals surface area contributed by atoms with Crippen molar-refractivity contribution >= 4 is 23.1 Å². The van der Waals surface area contributed by atoms with Crippen molar-refractivity contribution in [2.45, 2.75) is 5.75 Å². The highest BCUT2D eigenvalue weighted by atomic mass is 32.2. The molecule has 0 fully saturated rings. The molecule has 4 nitrogen and oxygen atoms in total. The van der Waals surface area contributed by atoms with Crippen molar-refractivity contribution < 1.29 is 17.9 Å². The Balaban J connectivity index is 2.09. The molecule has 2 rings (SSSR count). The minimum Gasteiger partial charge on any atom is -0.496 e. The molecule has 0 aromatic heterocycles. The number of halogens is 3. The number of nitrogens with zero attached hydrogens (tertiary/aromatic N) is 2. The number of nitrogens with two attached hydrogens (primary N) is 1. The fraction of sp³-hybridized carbons (Fsp3) is 0.125. The molecule has 0 atom stereocenters. The Morgan fingerprint density at radius 2 is 1.92 bits per heavy atom. The zero-order valence-electron chi connectivity index (χ0n) is 12.7. The lowest BCUT2D eigenvalue weighted by atomic mass is 10.2. The molecular formula is C16H14F3N3OS. The van der Waals surface area contributed by atoms with Gasteiger partial charge in [0.25, 0.3) is 0 Å². The summed E-state index contributed by atoms with van der Waals surface area (Å²) in [6.07, 6.45) is 0.923. The van der Waals surface area contributed by atoms with Crippen LogP contribution in [0.2, 0.25) is 0 Å². The fourth-order valence-electron chi connectivity index (χ4n) is 1.78. The highest BCUT2D eigenvalue weighted by Gasteiger charge is 2.18. The summed E-state index contributed by atoms with van der Waals surface area (Å²) in [4.78, 5) is 0. The number of thioether (sulfide) groups is 1. The summed E-state index contributed by atoms with van der Waals surface area (Å²) < 4.78 is 44.9. The van der Waals surface area contributed by atoms with Crippen molar-refractivity contribution in [2.75, 3.05) is 7.11 Å². The molecule has 0 unspecified atom stereocenters. The van der Waals surface area contributed by atoms with Crippen LogP contribution < -0.4 is 10.5 Å². The molecule has 0 heterocycles. The van der Waals surface area contributed by atoms with Crippen molar-refractivity contribution in [1.29, 1.82) is 0 Å². The molecule has 2 N–H and O–H groups in total. The van der Waals surface area contributed by atoms with Gasteiger partial charge in [0.2, 0.25) is 0 Å². The molecule has 0 aliphatic heterocycles. The zero-order valence-corrected chi connectivity index (χ0v) is 13.5. The quantitative estimate of drug-likeness (QED) is 0.386. The predicted molar refractivity (Wildman–Crippen MR) is 89.8 cm³/mol. The topological polar surface area (TPSA) is 60.0 Å². The van der Waals surface area contributed by atoms with Gasteiger partial charge in [-0.3, -0.25) is 0 Å². The largest absolute Gasteiger partial charge is 0.496 e. The third-order valence-corrected chi connectivity index (χ3v) is 3.81. The smallest absolute Gasteiger partial charge is 0.195 e. The molecule has 0 aliphatic carbocycles. The molecule has 0 saturated heterocycles. The predicted octanol–water partition coefficient (Wildman–Crippen LogP) is 3.69. The first-order chi connectivity index (χ1) is 11.5.